The van der Waals surface area contributed by atoms with Gasteiger partial charge >= 0.3 is 0 Å². The van der Waals surface area contributed by atoms with Crippen molar-refractivity contribution in [1.82, 2.24) is 9.78 Å². The highest BCUT2D eigenvalue weighted by Crippen LogP contribution is 2.44. The molecule has 0 saturated heterocycles. The number of fused-ring (bicyclic) bond motifs is 1. The number of aryl methyl sites for hydroxylation is 1. The smallest absolute Gasteiger partial charge is 0.229 e. The Morgan fingerprint density at radius 3 is 2.65 bits per heavy atom. The van der Waals surface area contributed by atoms with E-state index in [1.807, 2.05) is 43.3 Å². The fourth-order valence-electron chi connectivity index (χ4n) is 3.30. The third-order valence-electron chi connectivity index (χ3n) is 4.44. The molecule has 0 amide bonds. The average Bonchev–Trinajstić information content (AvgIpc) is 2.97. The number of aromatic hydroxyl groups is 1. The van der Waals surface area contributed by atoms with Crippen LogP contribution in [0, 0.1) is 18.3 Å². The zero-order valence-electron chi connectivity index (χ0n) is 14.0. The highest BCUT2D eigenvalue weighted by Gasteiger charge is 2.36. The summed E-state index contributed by atoms with van der Waals surface area (Å²) in [7, 11) is 0. The Labute approximate surface area is 150 Å². The van der Waals surface area contributed by atoms with Crippen LogP contribution in [0.1, 0.15) is 22.7 Å². The Kier molecular flexibility index (Phi) is 3.63. The standard InChI is InChI=1S/C20H16N4O2/c1-12-17-18(13-6-5-9-15(25)10-13)16(11-21)19(22)26-20(17)24(23-12)14-7-3-2-4-8-14/h2-10,18,25H,22H2,1H3/t18-/m1/s1. The van der Waals surface area contributed by atoms with Gasteiger partial charge in [-0.2, -0.15) is 10.4 Å². The van der Waals surface area contributed by atoms with Crippen molar-refractivity contribution in [3.63, 3.8) is 0 Å². The second-order valence-electron chi connectivity index (χ2n) is 6.07. The molecule has 6 heteroatoms. The van der Waals surface area contributed by atoms with Gasteiger partial charge in [0.05, 0.1) is 22.9 Å². The summed E-state index contributed by atoms with van der Waals surface area (Å²) in [5.74, 6) is 0.205. The lowest BCUT2D eigenvalue weighted by Crippen LogP contribution is -2.22. The molecule has 0 fully saturated rings. The first-order chi connectivity index (χ1) is 12.6. The molecule has 1 aliphatic heterocycles. The molecule has 2 heterocycles. The lowest BCUT2D eigenvalue weighted by Gasteiger charge is -2.25. The van der Waals surface area contributed by atoms with Crippen molar-refractivity contribution in [2.24, 2.45) is 5.73 Å². The summed E-state index contributed by atoms with van der Waals surface area (Å²) in [6.45, 7) is 1.87. The van der Waals surface area contributed by atoms with Crippen LogP contribution in [-0.4, -0.2) is 14.9 Å². The second-order valence-corrected chi connectivity index (χ2v) is 6.07. The number of nitriles is 1. The summed E-state index contributed by atoms with van der Waals surface area (Å²) in [5.41, 5.74) is 9.45. The van der Waals surface area contributed by atoms with E-state index in [0.717, 1.165) is 22.5 Å². The number of phenolic OH excluding ortho intramolecular Hbond substituents is 1. The first-order valence-corrected chi connectivity index (χ1v) is 8.11. The fourth-order valence-corrected chi connectivity index (χ4v) is 3.30. The predicted octanol–water partition coefficient (Wildman–Crippen LogP) is 3.10. The number of aromatic nitrogens is 2. The van der Waals surface area contributed by atoms with Crippen molar-refractivity contribution in [3.05, 3.63) is 82.9 Å². The second kappa shape index (κ2) is 5.97. The van der Waals surface area contributed by atoms with Crippen LogP contribution < -0.4 is 10.5 Å². The van der Waals surface area contributed by atoms with E-state index >= 15 is 0 Å². The molecule has 128 valence electrons. The van der Waals surface area contributed by atoms with E-state index in [-0.39, 0.29) is 11.6 Å². The van der Waals surface area contributed by atoms with Crippen molar-refractivity contribution in [1.29, 1.82) is 5.26 Å². The topological polar surface area (TPSA) is 97.1 Å². The van der Waals surface area contributed by atoms with E-state index in [4.69, 9.17) is 10.5 Å². The van der Waals surface area contributed by atoms with E-state index in [9.17, 15) is 10.4 Å². The molecule has 1 aliphatic rings. The van der Waals surface area contributed by atoms with Crippen LogP contribution >= 0.6 is 0 Å². The molecule has 3 N–H and O–H groups in total. The Balaban J connectivity index is 1.97. The molecule has 26 heavy (non-hydrogen) atoms. The number of benzene rings is 2. The molecule has 4 rings (SSSR count). The van der Waals surface area contributed by atoms with Gasteiger partial charge < -0.3 is 15.6 Å². The Bertz CT molecular complexity index is 1060. The van der Waals surface area contributed by atoms with Crippen LogP contribution in [0.15, 0.2) is 66.1 Å². The average molecular weight is 344 g/mol. The maximum atomic E-state index is 9.89. The summed E-state index contributed by atoms with van der Waals surface area (Å²) in [5, 5.41) is 24.1. The molecular weight excluding hydrogens is 328 g/mol. The minimum atomic E-state index is -0.451. The Hall–Kier alpha value is -3.72. The number of hydrogen-bond donors (Lipinski definition) is 2. The van der Waals surface area contributed by atoms with Gasteiger partial charge in [0.1, 0.15) is 17.4 Å². The van der Waals surface area contributed by atoms with Crippen LogP contribution in [0.5, 0.6) is 11.6 Å². The third kappa shape index (κ3) is 2.38. The minimum absolute atomic E-state index is 0.0467. The van der Waals surface area contributed by atoms with Gasteiger partial charge in [-0.3, -0.25) is 0 Å². The largest absolute Gasteiger partial charge is 0.508 e. The van der Waals surface area contributed by atoms with Crippen LogP contribution in [0.25, 0.3) is 5.69 Å². The molecule has 3 aromatic rings. The molecule has 2 aromatic carbocycles. The van der Waals surface area contributed by atoms with E-state index in [0.29, 0.717) is 11.5 Å². The van der Waals surface area contributed by atoms with Gasteiger partial charge in [-0.25, -0.2) is 4.68 Å². The third-order valence-corrected chi connectivity index (χ3v) is 4.44. The fraction of sp³-hybridized carbons (Fsp3) is 0.100. The molecule has 0 aliphatic carbocycles. The molecule has 0 saturated carbocycles. The number of rotatable bonds is 2. The Morgan fingerprint density at radius 2 is 1.96 bits per heavy atom. The van der Waals surface area contributed by atoms with Gasteiger partial charge in [-0.1, -0.05) is 30.3 Å². The number of phenols is 1. The van der Waals surface area contributed by atoms with Crippen LogP contribution in [0.2, 0.25) is 0 Å². The predicted molar refractivity (Wildman–Crippen MR) is 95.7 cm³/mol. The van der Waals surface area contributed by atoms with E-state index in [1.165, 1.54) is 0 Å². The lowest BCUT2D eigenvalue weighted by molar-refractivity contribution is 0.367. The monoisotopic (exact) mass is 344 g/mol. The van der Waals surface area contributed by atoms with Gasteiger partial charge in [0.25, 0.3) is 0 Å². The molecule has 0 unspecified atom stereocenters. The summed E-state index contributed by atoms with van der Waals surface area (Å²) in [6.07, 6.45) is 0. The molecule has 0 radical (unpaired) electrons. The zero-order valence-corrected chi connectivity index (χ0v) is 14.0. The van der Waals surface area contributed by atoms with Crippen LogP contribution in [0.3, 0.4) is 0 Å². The maximum absolute atomic E-state index is 9.89. The summed E-state index contributed by atoms with van der Waals surface area (Å²) < 4.78 is 7.48. The first-order valence-electron chi connectivity index (χ1n) is 8.11. The van der Waals surface area contributed by atoms with Gasteiger partial charge in [0.15, 0.2) is 0 Å². The molecule has 0 spiro atoms. The first kappa shape index (κ1) is 15.8. The van der Waals surface area contributed by atoms with Crippen molar-refractivity contribution in [2.45, 2.75) is 12.8 Å². The van der Waals surface area contributed by atoms with E-state index in [2.05, 4.69) is 11.2 Å². The number of ether oxygens (including phenoxy) is 1. The van der Waals surface area contributed by atoms with Gasteiger partial charge in [0.2, 0.25) is 11.8 Å². The van der Waals surface area contributed by atoms with Crippen molar-refractivity contribution in [2.75, 3.05) is 0 Å². The summed E-state index contributed by atoms with van der Waals surface area (Å²) >= 11 is 0. The quantitative estimate of drug-likeness (QED) is 0.744. The maximum Gasteiger partial charge on any atom is 0.229 e. The SMILES string of the molecule is Cc1nn(-c2ccccc2)c2c1[C@H](c1cccc(O)c1)C(C#N)=C(N)O2. The number of nitrogens with zero attached hydrogens (tertiary/aromatic N) is 3. The molecule has 0 bridgehead atoms. The molecular formula is C20H16N4O2. The highest BCUT2D eigenvalue weighted by atomic mass is 16.5. The van der Waals surface area contributed by atoms with Gasteiger partial charge in [-0.15, -0.1) is 0 Å². The van der Waals surface area contributed by atoms with E-state index in [1.54, 1.807) is 22.9 Å². The zero-order chi connectivity index (χ0) is 18.3. The van der Waals surface area contributed by atoms with Crippen molar-refractivity contribution >= 4 is 0 Å². The summed E-state index contributed by atoms with van der Waals surface area (Å²) in [4.78, 5) is 0. The van der Waals surface area contributed by atoms with Crippen molar-refractivity contribution in [3.8, 4) is 23.4 Å². The van der Waals surface area contributed by atoms with Gasteiger partial charge in [-0.05, 0) is 36.8 Å². The van der Waals surface area contributed by atoms with Crippen LogP contribution in [0.4, 0.5) is 0 Å². The number of allylic oxidation sites excluding steroid dienone is 1. The number of nitrogens with two attached hydrogens (primary N) is 1. The normalized spacial score (nSPS) is 15.9. The minimum Gasteiger partial charge on any atom is -0.508 e. The Morgan fingerprint density at radius 1 is 1.19 bits per heavy atom. The lowest BCUT2D eigenvalue weighted by atomic mass is 9.84. The number of hydrogen-bond acceptors (Lipinski definition) is 5. The highest BCUT2D eigenvalue weighted by molar-refractivity contribution is 5.57. The number of para-hydroxylation sites is 1. The van der Waals surface area contributed by atoms with Gasteiger partial charge in [0, 0.05) is 0 Å². The van der Waals surface area contributed by atoms with Crippen LogP contribution in [-0.2, 0) is 0 Å². The summed E-state index contributed by atoms with van der Waals surface area (Å²) in [6, 6.07) is 18.5. The molecule has 1 atom stereocenters. The molecule has 1 aromatic heterocycles. The molecule has 6 nitrogen and oxygen atoms in total. The van der Waals surface area contributed by atoms with E-state index < -0.39 is 5.92 Å². The van der Waals surface area contributed by atoms with Crippen molar-refractivity contribution < 1.29 is 9.84 Å².